The van der Waals surface area contributed by atoms with Crippen LogP contribution in [0.3, 0.4) is 0 Å². The smallest absolute Gasteiger partial charge is 0.147 e. The molecule has 0 aliphatic carbocycles. The van der Waals surface area contributed by atoms with Crippen LogP contribution in [0.2, 0.25) is 5.15 Å². The third-order valence-corrected chi connectivity index (χ3v) is 2.91. The summed E-state index contributed by atoms with van der Waals surface area (Å²) in [5.41, 5.74) is 6.60. The lowest BCUT2D eigenvalue weighted by Gasteiger charge is -2.07. The Morgan fingerprint density at radius 3 is 2.59 bits per heavy atom. The quantitative estimate of drug-likeness (QED) is 0.906. The zero-order chi connectivity index (χ0) is 12.3. The topological polar surface area (TPSA) is 53.1 Å². The molecule has 0 atom stereocenters. The largest absolute Gasteiger partial charge is 0.486 e. The van der Waals surface area contributed by atoms with Crippen molar-refractivity contribution in [3.63, 3.8) is 0 Å². The van der Waals surface area contributed by atoms with Crippen molar-refractivity contribution in [2.75, 3.05) is 0 Å². The molecular formula is C12H14ClN3O. The van der Waals surface area contributed by atoms with Gasteiger partial charge in [-0.2, -0.15) is 0 Å². The SMILES string of the molecule is Cn1c(Cl)cnc1COc1ccc(CN)cc1. The van der Waals surface area contributed by atoms with Crippen LogP contribution in [0.1, 0.15) is 11.4 Å². The summed E-state index contributed by atoms with van der Waals surface area (Å²) in [7, 11) is 1.85. The van der Waals surface area contributed by atoms with E-state index in [0.29, 0.717) is 18.3 Å². The first-order valence-electron chi connectivity index (χ1n) is 5.28. The van der Waals surface area contributed by atoms with Crippen LogP contribution >= 0.6 is 11.6 Å². The van der Waals surface area contributed by atoms with Crippen molar-refractivity contribution in [1.82, 2.24) is 9.55 Å². The van der Waals surface area contributed by atoms with E-state index >= 15 is 0 Å². The number of ether oxygens (including phenoxy) is 1. The average molecular weight is 252 g/mol. The fourth-order valence-corrected chi connectivity index (χ4v) is 1.57. The molecule has 0 saturated carbocycles. The third-order valence-electron chi connectivity index (χ3n) is 2.55. The molecule has 0 bridgehead atoms. The van der Waals surface area contributed by atoms with Gasteiger partial charge in [-0.3, -0.25) is 0 Å². The van der Waals surface area contributed by atoms with Crippen molar-refractivity contribution >= 4 is 11.6 Å². The lowest BCUT2D eigenvalue weighted by molar-refractivity contribution is 0.292. The van der Waals surface area contributed by atoms with Gasteiger partial charge in [0.15, 0.2) is 0 Å². The Morgan fingerprint density at radius 2 is 2.06 bits per heavy atom. The van der Waals surface area contributed by atoms with Crippen LogP contribution in [0.4, 0.5) is 0 Å². The predicted molar refractivity (Wildman–Crippen MR) is 66.9 cm³/mol. The number of benzene rings is 1. The van der Waals surface area contributed by atoms with Gasteiger partial charge in [-0.15, -0.1) is 0 Å². The molecule has 0 saturated heterocycles. The lowest BCUT2D eigenvalue weighted by Crippen LogP contribution is -2.03. The molecular weight excluding hydrogens is 238 g/mol. The van der Waals surface area contributed by atoms with Crippen molar-refractivity contribution < 1.29 is 4.74 Å². The van der Waals surface area contributed by atoms with Gasteiger partial charge in [0.25, 0.3) is 0 Å². The number of aromatic nitrogens is 2. The molecule has 17 heavy (non-hydrogen) atoms. The van der Waals surface area contributed by atoms with E-state index in [2.05, 4.69) is 4.98 Å². The number of nitrogens with zero attached hydrogens (tertiary/aromatic N) is 2. The summed E-state index contributed by atoms with van der Waals surface area (Å²) in [4.78, 5) is 4.15. The lowest BCUT2D eigenvalue weighted by atomic mass is 10.2. The summed E-state index contributed by atoms with van der Waals surface area (Å²) < 4.78 is 7.39. The van der Waals surface area contributed by atoms with Gasteiger partial charge in [0.2, 0.25) is 0 Å². The zero-order valence-electron chi connectivity index (χ0n) is 9.56. The Labute approximate surface area is 105 Å². The summed E-state index contributed by atoms with van der Waals surface area (Å²) in [6, 6.07) is 7.68. The molecule has 0 unspecified atom stereocenters. The fraction of sp³-hybridized carbons (Fsp3) is 0.250. The molecule has 1 heterocycles. The predicted octanol–water partition coefficient (Wildman–Crippen LogP) is 2.11. The summed E-state index contributed by atoms with van der Waals surface area (Å²) in [6.07, 6.45) is 1.61. The average Bonchev–Trinajstić information content (AvgIpc) is 2.68. The number of hydrogen-bond donors (Lipinski definition) is 1. The number of imidazole rings is 1. The van der Waals surface area contributed by atoms with E-state index in [1.165, 1.54) is 0 Å². The molecule has 2 rings (SSSR count). The van der Waals surface area contributed by atoms with Gasteiger partial charge in [0.1, 0.15) is 23.3 Å². The first kappa shape index (κ1) is 12.0. The van der Waals surface area contributed by atoms with E-state index in [0.717, 1.165) is 17.1 Å². The summed E-state index contributed by atoms with van der Waals surface area (Å²) >= 11 is 5.88. The summed E-state index contributed by atoms with van der Waals surface area (Å²) in [5.74, 6) is 1.58. The van der Waals surface area contributed by atoms with Crippen molar-refractivity contribution in [3.05, 3.63) is 47.0 Å². The highest BCUT2D eigenvalue weighted by atomic mass is 35.5. The van der Waals surface area contributed by atoms with Crippen LogP contribution in [-0.2, 0) is 20.2 Å². The third kappa shape index (κ3) is 2.78. The number of nitrogens with two attached hydrogens (primary N) is 1. The Morgan fingerprint density at radius 1 is 1.35 bits per heavy atom. The molecule has 0 aliphatic rings. The van der Waals surface area contributed by atoms with E-state index in [1.807, 2.05) is 31.3 Å². The van der Waals surface area contributed by atoms with Crippen LogP contribution < -0.4 is 10.5 Å². The minimum absolute atomic E-state index is 0.394. The minimum atomic E-state index is 0.394. The van der Waals surface area contributed by atoms with Crippen LogP contribution in [0, 0.1) is 0 Å². The number of rotatable bonds is 4. The Hall–Kier alpha value is -1.52. The van der Waals surface area contributed by atoms with Crippen LogP contribution in [-0.4, -0.2) is 9.55 Å². The Balaban J connectivity index is 2.00. The van der Waals surface area contributed by atoms with Crippen molar-refractivity contribution in [2.24, 2.45) is 12.8 Å². The summed E-state index contributed by atoms with van der Waals surface area (Å²) in [6.45, 7) is 0.931. The highest BCUT2D eigenvalue weighted by molar-refractivity contribution is 6.29. The molecule has 90 valence electrons. The van der Waals surface area contributed by atoms with E-state index < -0.39 is 0 Å². The monoisotopic (exact) mass is 251 g/mol. The molecule has 0 spiro atoms. The molecule has 1 aromatic carbocycles. The molecule has 2 aromatic rings. The van der Waals surface area contributed by atoms with Gasteiger partial charge in [0.05, 0.1) is 6.20 Å². The van der Waals surface area contributed by atoms with E-state index in [9.17, 15) is 0 Å². The highest BCUT2D eigenvalue weighted by Crippen LogP contribution is 2.15. The fourth-order valence-electron chi connectivity index (χ4n) is 1.43. The Bertz CT molecular complexity index is 493. The second-order valence-corrected chi connectivity index (χ2v) is 4.08. The maximum absolute atomic E-state index is 5.88. The molecule has 1 aromatic heterocycles. The maximum atomic E-state index is 5.88. The van der Waals surface area contributed by atoms with Gasteiger partial charge < -0.3 is 15.0 Å². The van der Waals surface area contributed by atoms with Gasteiger partial charge >= 0.3 is 0 Å². The van der Waals surface area contributed by atoms with Gasteiger partial charge in [-0.1, -0.05) is 23.7 Å². The van der Waals surface area contributed by atoms with E-state index in [1.54, 1.807) is 10.8 Å². The first-order chi connectivity index (χ1) is 8.20. The van der Waals surface area contributed by atoms with Crippen LogP contribution in [0.5, 0.6) is 5.75 Å². The molecule has 0 radical (unpaired) electrons. The second-order valence-electron chi connectivity index (χ2n) is 3.69. The Kier molecular flexibility index (Phi) is 3.66. The van der Waals surface area contributed by atoms with Crippen molar-refractivity contribution in [1.29, 1.82) is 0 Å². The minimum Gasteiger partial charge on any atom is -0.486 e. The molecule has 2 N–H and O–H groups in total. The molecule has 0 aliphatic heterocycles. The molecule has 5 heteroatoms. The van der Waals surface area contributed by atoms with E-state index in [-0.39, 0.29) is 0 Å². The molecule has 0 amide bonds. The summed E-state index contributed by atoms with van der Waals surface area (Å²) in [5, 5.41) is 0.599. The number of hydrogen-bond acceptors (Lipinski definition) is 3. The normalized spacial score (nSPS) is 10.5. The van der Waals surface area contributed by atoms with Crippen molar-refractivity contribution in [3.8, 4) is 5.75 Å². The van der Waals surface area contributed by atoms with Gasteiger partial charge in [-0.25, -0.2) is 4.98 Å². The van der Waals surface area contributed by atoms with Gasteiger partial charge in [-0.05, 0) is 17.7 Å². The molecule has 4 nitrogen and oxygen atoms in total. The van der Waals surface area contributed by atoms with E-state index in [4.69, 9.17) is 22.1 Å². The van der Waals surface area contributed by atoms with Crippen molar-refractivity contribution in [2.45, 2.75) is 13.2 Å². The van der Waals surface area contributed by atoms with Crippen LogP contribution in [0.25, 0.3) is 0 Å². The second kappa shape index (κ2) is 5.21. The molecule has 0 fully saturated rings. The van der Waals surface area contributed by atoms with Crippen LogP contribution in [0.15, 0.2) is 30.5 Å². The highest BCUT2D eigenvalue weighted by Gasteiger charge is 2.04. The number of halogens is 1. The standard InChI is InChI=1S/C12H14ClN3O/c1-16-11(13)7-15-12(16)8-17-10-4-2-9(6-14)3-5-10/h2-5,7H,6,8,14H2,1H3. The maximum Gasteiger partial charge on any atom is 0.147 e. The first-order valence-corrected chi connectivity index (χ1v) is 5.66. The van der Waals surface area contributed by atoms with Gasteiger partial charge in [0, 0.05) is 13.6 Å². The zero-order valence-corrected chi connectivity index (χ0v) is 10.3.